The molecule has 4 rings (SSSR count). The van der Waals surface area contributed by atoms with Crippen molar-refractivity contribution in [2.24, 2.45) is 0 Å². The number of aryl methyl sites for hydroxylation is 2. The molecule has 0 aliphatic rings. The van der Waals surface area contributed by atoms with Gasteiger partial charge in [0, 0.05) is 5.69 Å². The summed E-state index contributed by atoms with van der Waals surface area (Å²) in [5, 5.41) is 14.7. The minimum atomic E-state index is -0.366. The van der Waals surface area contributed by atoms with Crippen LogP contribution in [-0.4, -0.2) is 32.6 Å². The molecule has 1 amide bonds. The van der Waals surface area contributed by atoms with Crippen molar-refractivity contribution in [2.45, 2.75) is 20.8 Å². The van der Waals surface area contributed by atoms with E-state index in [4.69, 9.17) is 17.0 Å². The van der Waals surface area contributed by atoms with Crippen LogP contribution in [0.3, 0.4) is 0 Å². The van der Waals surface area contributed by atoms with E-state index in [1.165, 1.54) is 16.9 Å². The lowest BCUT2D eigenvalue weighted by atomic mass is 10.1. The fourth-order valence-corrected chi connectivity index (χ4v) is 3.46. The van der Waals surface area contributed by atoms with E-state index in [0.29, 0.717) is 28.2 Å². The molecule has 168 valence electrons. The molecule has 0 fully saturated rings. The van der Waals surface area contributed by atoms with Crippen molar-refractivity contribution in [1.82, 2.24) is 20.3 Å². The Bertz CT molecular complexity index is 1350. The first-order valence-electron chi connectivity index (χ1n) is 10.2. The molecule has 9 heteroatoms. The first-order chi connectivity index (χ1) is 15.8. The van der Waals surface area contributed by atoms with Crippen LogP contribution in [0.1, 0.15) is 16.7 Å². The number of rotatable bonds is 5. The minimum Gasteiger partial charge on any atom is -0.483 e. The highest BCUT2D eigenvalue weighted by Gasteiger charge is 2.12. The van der Waals surface area contributed by atoms with Crippen LogP contribution < -0.4 is 15.4 Å². The molecule has 1 heterocycles. The number of benzene rings is 3. The Kier molecular flexibility index (Phi) is 6.32. The lowest BCUT2D eigenvalue weighted by Crippen LogP contribution is -2.37. The molecule has 7 nitrogen and oxygen atoms in total. The van der Waals surface area contributed by atoms with Gasteiger partial charge in [0.25, 0.3) is 5.91 Å². The highest BCUT2D eigenvalue weighted by Crippen LogP contribution is 2.23. The molecular formula is C24H22FN5O2S. The summed E-state index contributed by atoms with van der Waals surface area (Å²) in [5.74, 6) is -0.0308. The molecule has 0 unspecified atom stereocenters. The molecule has 0 aliphatic carbocycles. The largest absolute Gasteiger partial charge is 0.483 e. The van der Waals surface area contributed by atoms with E-state index in [-0.39, 0.29) is 23.4 Å². The molecule has 3 aromatic carbocycles. The average Bonchev–Trinajstić information content (AvgIpc) is 3.18. The van der Waals surface area contributed by atoms with E-state index >= 15 is 0 Å². The number of carbonyl (C=O) groups is 1. The van der Waals surface area contributed by atoms with Crippen molar-refractivity contribution < 1.29 is 13.9 Å². The Morgan fingerprint density at radius 1 is 1.03 bits per heavy atom. The third-order valence-electron chi connectivity index (χ3n) is 5.20. The summed E-state index contributed by atoms with van der Waals surface area (Å²) in [6, 6.07) is 15.3. The number of hydrogen-bond acceptors (Lipinski definition) is 5. The zero-order valence-corrected chi connectivity index (χ0v) is 19.2. The van der Waals surface area contributed by atoms with E-state index in [2.05, 4.69) is 20.8 Å². The number of nitrogens with one attached hydrogen (secondary N) is 2. The number of carbonyl (C=O) groups excluding carboxylic acids is 1. The molecule has 1 aromatic heterocycles. The molecule has 0 spiro atoms. The molecule has 33 heavy (non-hydrogen) atoms. The van der Waals surface area contributed by atoms with Crippen molar-refractivity contribution in [1.29, 1.82) is 0 Å². The maximum absolute atomic E-state index is 13.2. The van der Waals surface area contributed by atoms with Gasteiger partial charge in [-0.05, 0) is 92.1 Å². The second-order valence-electron chi connectivity index (χ2n) is 7.61. The fourth-order valence-electron chi connectivity index (χ4n) is 3.23. The quantitative estimate of drug-likeness (QED) is 0.428. The maximum Gasteiger partial charge on any atom is 0.264 e. The van der Waals surface area contributed by atoms with Gasteiger partial charge in [-0.2, -0.15) is 4.80 Å². The summed E-state index contributed by atoms with van der Waals surface area (Å²) in [4.78, 5) is 13.7. The molecule has 0 saturated carbocycles. The SMILES string of the molecule is Cc1cc2nn(-c3ccc(F)cc3)nc2cc1NC(=S)NC(=O)COc1cccc(C)c1C. The number of hydrogen-bond donors (Lipinski definition) is 2. The molecule has 2 N–H and O–H groups in total. The topological polar surface area (TPSA) is 81.1 Å². The van der Waals surface area contributed by atoms with Gasteiger partial charge < -0.3 is 10.1 Å². The monoisotopic (exact) mass is 463 g/mol. The average molecular weight is 464 g/mol. The standard InChI is InChI=1S/C24H22FN5O2S/c1-14-5-4-6-22(16(14)3)32-13-23(31)27-24(33)26-19-12-21-20(11-15(19)2)28-30(29-21)18-9-7-17(25)8-10-18/h4-12H,13H2,1-3H3,(H2,26,27,31,33). The third-order valence-corrected chi connectivity index (χ3v) is 5.40. The number of halogens is 1. The van der Waals surface area contributed by atoms with Gasteiger partial charge in [0.15, 0.2) is 11.7 Å². The Hall–Kier alpha value is -3.85. The molecular weight excluding hydrogens is 441 g/mol. The third kappa shape index (κ3) is 5.15. The van der Waals surface area contributed by atoms with Gasteiger partial charge in [-0.25, -0.2) is 4.39 Å². The Balaban J connectivity index is 1.41. The molecule has 0 saturated heterocycles. The summed E-state index contributed by atoms with van der Waals surface area (Å²) in [7, 11) is 0. The van der Waals surface area contributed by atoms with Crippen LogP contribution in [0.15, 0.2) is 54.6 Å². The Morgan fingerprint density at radius 3 is 2.45 bits per heavy atom. The van der Waals surface area contributed by atoms with Gasteiger partial charge in [-0.3, -0.25) is 10.1 Å². The second kappa shape index (κ2) is 9.33. The second-order valence-corrected chi connectivity index (χ2v) is 8.02. The highest BCUT2D eigenvalue weighted by atomic mass is 32.1. The summed E-state index contributed by atoms with van der Waals surface area (Å²) in [6.07, 6.45) is 0. The van der Waals surface area contributed by atoms with Gasteiger partial charge in [0.2, 0.25) is 0 Å². The molecule has 0 atom stereocenters. The van der Waals surface area contributed by atoms with E-state index in [1.54, 1.807) is 18.2 Å². The number of amides is 1. The van der Waals surface area contributed by atoms with Crippen LogP contribution in [0.5, 0.6) is 5.75 Å². The lowest BCUT2D eigenvalue weighted by molar-refractivity contribution is -0.121. The predicted molar refractivity (Wildman–Crippen MR) is 129 cm³/mol. The van der Waals surface area contributed by atoms with Crippen molar-refractivity contribution in [3.05, 3.63) is 77.1 Å². The van der Waals surface area contributed by atoms with Crippen LogP contribution in [-0.2, 0) is 4.79 Å². The molecule has 0 bridgehead atoms. The van der Waals surface area contributed by atoms with Crippen LogP contribution in [0.2, 0.25) is 0 Å². The van der Waals surface area contributed by atoms with Crippen LogP contribution in [0.4, 0.5) is 10.1 Å². The fraction of sp³-hybridized carbons (Fsp3) is 0.167. The smallest absolute Gasteiger partial charge is 0.264 e. The predicted octanol–water partition coefficient (Wildman–Crippen LogP) is 4.38. The Labute approximate surface area is 195 Å². The normalized spacial score (nSPS) is 10.8. The minimum absolute atomic E-state index is 0.151. The zero-order chi connectivity index (χ0) is 23.5. The number of thiocarbonyl (C=S) groups is 1. The number of fused-ring (bicyclic) bond motifs is 1. The highest BCUT2D eigenvalue weighted by molar-refractivity contribution is 7.80. The Morgan fingerprint density at radius 2 is 1.73 bits per heavy atom. The summed E-state index contributed by atoms with van der Waals surface area (Å²) in [5.41, 5.74) is 5.59. The van der Waals surface area contributed by atoms with Gasteiger partial charge in [-0.15, -0.1) is 10.2 Å². The first-order valence-corrected chi connectivity index (χ1v) is 10.6. The number of anilines is 1. The van der Waals surface area contributed by atoms with Crippen molar-refractivity contribution in [3.63, 3.8) is 0 Å². The number of ether oxygens (including phenoxy) is 1. The van der Waals surface area contributed by atoms with Gasteiger partial charge in [0.1, 0.15) is 22.6 Å². The van der Waals surface area contributed by atoms with E-state index in [9.17, 15) is 9.18 Å². The van der Waals surface area contributed by atoms with Crippen molar-refractivity contribution in [2.75, 3.05) is 11.9 Å². The van der Waals surface area contributed by atoms with Gasteiger partial charge in [-0.1, -0.05) is 12.1 Å². The van der Waals surface area contributed by atoms with Crippen LogP contribution in [0, 0.1) is 26.6 Å². The lowest BCUT2D eigenvalue weighted by Gasteiger charge is -2.13. The molecule has 0 radical (unpaired) electrons. The van der Waals surface area contributed by atoms with E-state index in [1.807, 2.05) is 45.0 Å². The zero-order valence-electron chi connectivity index (χ0n) is 18.3. The first kappa shape index (κ1) is 22.3. The van der Waals surface area contributed by atoms with E-state index < -0.39 is 0 Å². The summed E-state index contributed by atoms with van der Waals surface area (Å²) < 4.78 is 18.8. The summed E-state index contributed by atoms with van der Waals surface area (Å²) >= 11 is 5.29. The maximum atomic E-state index is 13.2. The molecule has 0 aliphatic heterocycles. The van der Waals surface area contributed by atoms with Crippen molar-refractivity contribution >= 4 is 40.0 Å². The van der Waals surface area contributed by atoms with Crippen LogP contribution >= 0.6 is 12.2 Å². The van der Waals surface area contributed by atoms with E-state index in [0.717, 1.165) is 16.7 Å². The number of aromatic nitrogens is 3. The van der Waals surface area contributed by atoms with Gasteiger partial charge >= 0.3 is 0 Å². The van der Waals surface area contributed by atoms with Crippen molar-refractivity contribution in [3.8, 4) is 11.4 Å². The molecule has 4 aromatic rings. The van der Waals surface area contributed by atoms with Gasteiger partial charge in [0.05, 0.1) is 5.69 Å². The van der Waals surface area contributed by atoms with Crippen LogP contribution in [0.25, 0.3) is 16.7 Å². The number of nitrogens with zero attached hydrogens (tertiary/aromatic N) is 3. The summed E-state index contributed by atoms with van der Waals surface area (Å²) in [6.45, 7) is 5.67.